The summed E-state index contributed by atoms with van der Waals surface area (Å²) in [7, 11) is -3.27. The molecule has 2 aliphatic rings. The average Bonchev–Trinajstić information content (AvgIpc) is 3.10. The van der Waals surface area contributed by atoms with Gasteiger partial charge in [0, 0.05) is 25.2 Å². The van der Waals surface area contributed by atoms with Crippen LogP contribution in [0.3, 0.4) is 0 Å². The highest BCUT2D eigenvalue weighted by molar-refractivity contribution is 7.91. The minimum atomic E-state index is -3.27. The topological polar surface area (TPSA) is 103 Å². The normalized spacial score (nSPS) is 26.4. The first-order valence-corrected chi connectivity index (χ1v) is 9.43. The zero-order valence-corrected chi connectivity index (χ0v) is 13.9. The maximum Gasteiger partial charge on any atom is 0.272 e. The largest absolute Gasteiger partial charge is 0.335 e. The maximum absolute atomic E-state index is 12.6. The van der Waals surface area contributed by atoms with E-state index >= 15 is 0 Å². The lowest BCUT2D eigenvalue weighted by molar-refractivity contribution is -0.139. The molecule has 0 radical (unpaired) electrons. The molecule has 126 valence electrons. The Morgan fingerprint density at radius 1 is 1.22 bits per heavy atom. The monoisotopic (exact) mass is 340 g/mol. The molecule has 8 nitrogen and oxygen atoms in total. The number of nitrogens with one attached hydrogen (secondary N) is 1. The Bertz CT molecular complexity index is 713. The number of piperazine rings is 1. The number of hydrogen-bond donors (Lipinski definition) is 1. The van der Waals surface area contributed by atoms with Crippen molar-refractivity contribution in [2.75, 3.05) is 24.6 Å². The van der Waals surface area contributed by atoms with Crippen LogP contribution in [0.1, 0.15) is 24.3 Å². The smallest absolute Gasteiger partial charge is 0.272 e. The Morgan fingerprint density at radius 3 is 2.39 bits per heavy atom. The van der Waals surface area contributed by atoms with Crippen molar-refractivity contribution in [3.8, 4) is 0 Å². The summed E-state index contributed by atoms with van der Waals surface area (Å²) in [5, 5.41) is 6.38. The molecule has 9 heteroatoms. The molecule has 1 aromatic heterocycles. The number of rotatable bonds is 2. The minimum absolute atomic E-state index is 0.0641. The van der Waals surface area contributed by atoms with E-state index in [2.05, 4.69) is 10.2 Å². The van der Waals surface area contributed by atoms with Crippen LogP contribution in [0.15, 0.2) is 12.3 Å². The second-order valence-electron chi connectivity index (χ2n) is 6.37. The zero-order chi connectivity index (χ0) is 16.8. The summed E-state index contributed by atoms with van der Waals surface area (Å²) in [6, 6.07) is 0.606. The van der Waals surface area contributed by atoms with Gasteiger partial charge in [0.1, 0.15) is 5.69 Å². The quantitative estimate of drug-likeness (QED) is 0.783. The Morgan fingerprint density at radius 2 is 1.83 bits per heavy atom. The SMILES string of the molecule is CC(C)C(=O)N1CCN(C(=O)c2ccn[nH]2)[C@H]2CS(=O)(=O)C[C@H]21. The molecule has 1 N–H and O–H groups in total. The van der Waals surface area contributed by atoms with Gasteiger partial charge >= 0.3 is 0 Å². The van der Waals surface area contributed by atoms with Gasteiger partial charge in [-0.05, 0) is 6.07 Å². The lowest BCUT2D eigenvalue weighted by Crippen LogP contribution is -2.62. The van der Waals surface area contributed by atoms with Gasteiger partial charge in [-0.2, -0.15) is 5.10 Å². The predicted octanol–water partition coefficient (Wildman–Crippen LogP) is -0.484. The molecule has 2 saturated heterocycles. The van der Waals surface area contributed by atoms with Crippen molar-refractivity contribution in [2.45, 2.75) is 25.9 Å². The van der Waals surface area contributed by atoms with E-state index in [0.717, 1.165) is 0 Å². The molecule has 3 heterocycles. The third-order valence-electron chi connectivity index (χ3n) is 4.44. The molecule has 0 unspecified atom stereocenters. The van der Waals surface area contributed by atoms with Gasteiger partial charge in [0.15, 0.2) is 9.84 Å². The van der Waals surface area contributed by atoms with Gasteiger partial charge in [0.25, 0.3) is 5.91 Å². The molecule has 0 spiro atoms. The van der Waals surface area contributed by atoms with E-state index in [1.807, 2.05) is 0 Å². The molecule has 1 aromatic rings. The lowest BCUT2D eigenvalue weighted by Gasteiger charge is -2.44. The van der Waals surface area contributed by atoms with Crippen molar-refractivity contribution in [1.29, 1.82) is 0 Å². The van der Waals surface area contributed by atoms with E-state index in [0.29, 0.717) is 18.8 Å². The molecule has 2 fully saturated rings. The molecule has 2 atom stereocenters. The first kappa shape index (κ1) is 16.0. The van der Waals surface area contributed by atoms with Crippen molar-refractivity contribution in [2.24, 2.45) is 5.92 Å². The first-order chi connectivity index (χ1) is 10.8. The number of hydrogen-bond acceptors (Lipinski definition) is 5. The van der Waals surface area contributed by atoms with Crippen molar-refractivity contribution in [3.63, 3.8) is 0 Å². The van der Waals surface area contributed by atoms with Crippen molar-refractivity contribution >= 4 is 21.7 Å². The van der Waals surface area contributed by atoms with Crippen LogP contribution < -0.4 is 0 Å². The number of carbonyl (C=O) groups is 2. The molecule has 0 bridgehead atoms. The van der Waals surface area contributed by atoms with E-state index in [4.69, 9.17) is 0 Å². The van der Waals surface area contributed by atoms with E-state index in [-0.39, 0.29) is 29.2 Å². The highest BCUT2D eigenvalue weighted by Gasteiger charge is 2.49. The van der Waals surface area contributed by atoms with Crippen LogP contribution in [-0.4, -0.2) is 76.9 Å². The minimum Gasteiger partial charge on any atom is -0.335 e. The molecule has 2 amide bonds. The fraction of sp³-hybridized carbons (Fsp3) is 0.643. The van der Waals surface area contributed by atoms with Crippen molar-refractivity contribution in [3.05, 3.63) is 18.0 Å². The molecule has 0 saturated carbocycles. The van der Waals surface area contributed by atoms with Crippen LogP contribution in [-0.2, 0) is 14.6 Å². The van der Waals surface area contributed by atoms with Crippen LogP contribution in [0.4, 0.5) is 0 Å². The third kappa shape index (κ3) is 2.85. The Balaban J connectivity index is 1.90. The van der Waals surface area contributed by atoms with Gasteiger partial charge in [-0.15, -0.1) is 0 Å². The number of amides is 2. The number of aromatic amines is 1. The fourth-order valence-electron chi connectivity index (χ4n) is 3.34. The highest BCUT2D eigenvalue weighted by atomic mass is 32.2. The van der Waals surface area contributed by atoms with Crippen LogP contribution in [0.2, 0.25) is 0 Å². The van der Waals surface area contributed by atoms with Crippen molar-refractivity contribution in [1.82, 2.24) is 20.0 Å². The molecule has 23 heavy (non-hydrogen) atoms. The average molecular weight is 340 g/mol. The summed E-state index contributed by atoms with van der Waals surface area (Å²) >= 11 is 0. The van der Waals surface area contributed by atoms with Crippen LogP contribution in [0, 0.1) is 5.92 Å². The van der Waals surface area contributed by atoms with Crippen LogP contribution in [0.25, 0.3) is 0 Å². The summed E-state index contributed by atoms with van der Waals surface area (Å²) in [6.07, 6.45) is 1.48. The third-order valence-corrected chi connectivity index (χ3v) is 6.14. The van der Waals surface area contributed by atoms with E-state index in [1.54, 1.807) is 29.7 Å². The molecule has 0 aromatic carbocycles. The number of aromatic nitrogens is 2. The maximum atomic E-state index is 12.6. The number of nitrogens with zero attached hydrogens (tertiary/aromatic N) is 3. The van der Waals surface area contributed by atoms with Gasteiger partial charge in [0.2, 0.25) is 5.91 Å². The summed E-state index contributed by atoms with van der Waals surface area (Å²) in [5.74, 6) is -0.715. The molecular formula is C14H20N4O4S. The Labute approximate surface area is 134 Å². The van der Waals surface area contributed by atoms with E-state index in [9.17, 15) is 18.0 Å². The predicted molar refractivity (Wildman–Crippen MR) is 82.4 cm³/mol. The van der Waals surface area contributed by atoms with Gasteiger partial charge in [-0.1, -0.05) is 13.8 Å². The molecular weight excluding hydrogens is 320 g/mol. The van der Waals surface area contributed by atoms with Gasteiger partial charge < -0.3 is 9.80 Å². The van der Waals surface area contributed by atoms with Crippen LogP contribution >= 0.6 is 0 Å². The first-order valence-electron chi connectivity index (χ1n) is 7.61. The lowest BCUT2D eigenvalue weighted by atomic mass is 10.0. The second kappa shape index (κ2) is 5.63. The van der Waals surface area contributed by atoms with Gasteiger partial charge in [-0.25, -0.2) is 8.42 Å². The highest BCUT2D eigenvalue weighted by Crippen LogP contribution is 2.29. The van der Waals surface area contributed by atoms with Crippen molar-refractivity contribution < 1.29 is 18.0 Å². The Hall–Kier alpha value is -1.90. The zero-order valence-electron chi connectivity index (χ0n) is 13.1. The Kier molecular flexibility index (Phi) is 3.91. The molecule has 2 aliphatic heterocycles. The molecule has 3 rings (SSSR count). The fourth-order valence-corrected chi connectivity index (χ4v) is 5.32. The summed E-state index contributed by atoms with van der Waals surface area (Å²) < 4.78 is 24.2. The van der Waals surface area contributed by atoms with E-state index in [1.165, 1.54) is 6.20 Å². The summed E-state index contributed by atoms with van der Waals surface area (Å²) in [6.45, 7) is 4.27. The number of H-pyrrole nitrogens is 1. The van der Waals surface area contributed by atoms with E-state index < -0.39 is 21.9 Å². The number of fused-ring (bicyclic) bond motifs is 1. The second-order valence-corrected chi connectivity index (χ2v) is 8.52. The van der Waals surface area contributed by atoms with Gasteiger partial charge in [0.05, 0.1) is 23.6 Å². The number of sulfone groups is 1. The van der Waals surface area contributed by atoms with Crippen LogP contribution in [0.5, 0.6) is 0 Å². The molecule has 0 aliphatic carbocycles. The van der Waals surface area contributed by atoms with Gasteiger partial charge in [-0.3, -0.25) is 14.7 Å². The summed E-state index contributed by atoms with van der Waals surface area (Å²) in [4.78, 5) is 28.1. The number of carbonyl (C=O) groups excluding carboxylic acids is 2. The standard InChI is InChI=1S/C14H20N4O4S/c1-9(2)13(19)17-5-6-18(14(20)10-3-4-15-16-10)12-8-23(21,22)7-11(12)17/h3-4,9,11-12H,5-8H2,1-2H3,(H,15,16)/t11-,12+/m1/s1. The summed E-state index contributed by atoms with van der Waals surface area (Å²) in [5.41, 5.74) is 0.330.